The monoisotopic (exact) mass is 237 g/mol. The summed E-state index contributed by atoms with van der Waals surface area (Å²) >= 11 is 0. The summed E-state index contributed by atoms with van der Waals surface area (Å²) in [4.78, 5) is 13.3. The van der Waals surface area contributed by atoms with E-state index in [0.717, 1.165) is 25.3 Å². The molecule has 94 valence electrons. The average Bonchev–Trinajstić information content (AvgIpc) is 2.85. The quantitative estimate of drug-likeness (QED) is 0.874. The maximum atomic E-state index is 10.9. The third-order valence-corrected chi connectivity index (χ3v) is 3.53. The van der Waals surface area contributed by atoms with Gasteiger partial charge in [-0.25, -0.2) is 4.79 Å². The van der Waals surface area contributed by atoms with Crippen LogP contribution in [0.5, 0.6) is 0 Å². The number of nitrogens with zero attached hydrogens (tertiary/aromatic N) is 1. The highest BCUT2D eigenvalue weighted by Crippen LogP contribution is 2.24. The Morgan fingerprint density at radius 1 is 1.65 bits per heavy atom. The van der Waals surface area contributed by atoms with E-state index in [-0.39, 0.29) is 5.56 Å². The van der Waals surface area contributed by atoms with Gasteiger partial charge in [-0.2, -0.15) is 0 Å². The fraction of sp³-hybridized carbons (Fsp3) is 0.615. The first kappa shape index (κ1) is 12.2. The number of hydrogen-bond donors (Lipinski definition) is 1. The maximum absolute atomic E-state index is 10.9. The molecule has 1 unspecified atom stereocenters. The molecule has 4 nitrogen and oxygen atoms in total. The number of carbonyl (C=O) groups is 1. The Hall–Kier alpha value is -1.29. The minimum Gasteiger partial charge on any atom is -0.478 e. The van der Waals surface area contributed by atoms with Gasteiger partial charge < -0.3 is 9.52 Å². The molecule has 1 aromatic rings. The van der Waals surface area contributed by atoms with Gasteiger partial charge >= 0.3 is 5.97 Å². The molecule has 1 aliphatic heterocycles. The molecule has 1 N–H and O–H groups in total. The summed E-state index contributed by atoms with van der Waals surface area (Å²) in [6.45, 7) is 5.71. The van der Waals surface area contributed by atoms with E-state index in [1.54, 1.807) is 13.0 Å². The second-order valence-corrected chi connectivity index (χ2v) is 4.66. The van der Waals surface area contributed by atoms with E-state index >= 15 is 0 Å². The van der Waals surface area contributed by atoms with Crippen molar-refractivity contribution in [2.75, 3.05) is 6.54 Å². The van der Waals surface area contributed by atoms with Gasteiger partial charge in [0.05, 0.1) is 6.54 Å². The van der Waals surface area contributed by atoms with Crippen molar-refractivity contribution in [3.05, 3.63) is 23.2 Å². The van der Waals surface area contributed by atoms with Crippen LogP contribution in [0.2, 0.25) is 0 Å². The van der Waals surface area contributed by atoms with Crippen LogP contribution >= 0.6 is 0 Å². The summed E-state index contributed by atoms with van der Waals surface area (Å²) < 4.78 is 5.51. The summed E-state index contributed by atoms with van der Waals surface area (Å²) in [5, 5.41) is 8.96. The van der Waals surface area contributed by atoms with Crippen molar-refractivity contribution < 1.29 is 14.3 Å². The largest absolute Gasteiger partial charge is 0.478 e. The molecule has 0 aromatic carbocycles. The lowest BCUT2D eigenvalue weighted by Gasteiger charge is -2.21. The lowest BCUT2D eigenvalue weighted by molar-refractivity contribution is 0.0695. The molecule has 1 fully saturated rings. The highest BCUT2D eigenvalue weighted by atomic mass is 16.4. The van der Waals surface area contributed by atoms with E-state index in [0.29, 0.717) is 11.8 Å². The summed E-state index contributed by atoms with van der Waals surface area (Å²) in [7, 11) is 0. The summed E-state index contributed by atoms with van der Waals surface area (Å²) in [5.41, 5.74) is 0.284. The fourth-order valence-corrected chi connectivity index (χ4v) is 2.60. The Balaban J connectivity index is 2.08. The van der Waals surface area contributed by atoms with Crippen LogP contribution in [0.3, 0.4) is 0 Å². The van der Waals surface area contributed by atoms with Gasteiger partial charge in [0.1, 0.15) is 17.1 Å². The molecule has 0 amide bonds. The molecule has 1 atom stereocenters. The van der Waals surface area contributed by atoms with E-state index in [1.165, 1.54) is 12.8 Å². The number of rotatable bonds is 4. The van der Waals surface area contributed by atoms with Crippen molar-refractivity contribution in [1.82, 2.24) is 4.90 Å². The van der Waals surface area contributed by atoms with Crippen LogP contribution in [0.1, 0.15) is 48.1 Å². The number of likely N-dealkylation sites (tertiary alicyclic amines) is 1. The Labute approximate surface area is 101 Å². The smallest absolute Gasteiger partial charge is 0.339 e. The Bertz CT molecular complexity index is 411. The molecule has 17 heavy (non-hydrogen) atoms. The van der Waals surface area contributed by atoms with E-state index in [9.17, 15) is 4.79 Å². The highest BCUT2D eigenvalue weighted by Gasteiger charge is 2.24. The van der Waals surface area contributed by atoms with Gasteiger partial charge in [-0.05, 0) is 38.8 Å². The topological polar surface area (TPSA) is 53.7 Å². The van der Waals surface area contributed by atoms with Crippen molar-refractivity contribution in [3.8, 4) is 0 Å². The van der Waals surface area contributed by atoms with Crippen LogP contribution in [0.4, 0.5) is 0 Å². The summed E-state index contributed by atoms with van der Waals surface area (Å²) in [6, 6.07) is 2.27. The van der Waals surface area contributed by atoms with Crippen molar-refractivity contribution in [1.29, 1.82) is 0 Å². The molecule has 0 bridgehead atoms. The van der Waals surface area contributed by atoms with Gasteiger partial charge in [-0.3, -0.25) is 4.90 Å². The van der Waals surface area contributed by atoms with Gasteiger partial charge in [-0.15, -0.1) is 0 Å². The zero-order chi connectivity index (χ0) is 12.4. The molecule has 4 heteroatoms. The van der Waals surface area contributed by atoms with Crippen molar-refractivity contribution in [2.24, 2.45) is 0 Å². The van der Waals surface area contributed by atoms with Crippen molar-refractivity contribution >= 4 is 5.97 Å². The number of furan rings is 1. The van der Waals surface area contributed by atoms with Crippen LogP contribution < -0.4 is 0 Å². The van der Waals surface area contributed by atoms with Gasteiger partial charge in [-0.1, -0.05) is 6.92 Å². The summed E-state index contributed by atoms with van der Waals surface area (Å²) in [6.07, 6.45) is 3.61. The lowest BCUT2D eigenvalue weighted by Crippen LogP contribution is -2.27. The number of aromatic carboxylic acids is 1. The van der Waals surface area contributed by atoms with Crippen LogP contribution in [-0.2, 0) is 6.54 Å². The van der Waals surface area contributed by atoms with Crippen LogP contribution in [0.15, 0.2) is 10.5 Å². The fourth-order valence-electron chi connectivity index (χ4n) is 2.60. The Kier molecular flexibility index (Phi) is 3.52. The van der Waals surface area contributed by atoms with Crippen molar-refractivity contribution in [2.45, 2.75) is 45.7 Å². The van der Waals surface area contributed by atoms with Crippen LogP contribution in [-0.4, -0.2) is 28.6 Å². The number of hydrogen-bond acceptors (Lipinski definition) is 3. The molecule has 0 spiro atoms. The molecule has 0 saturated carbocycles. The minimum atomic E-state index is -0.911. The van der Waals surface area contributed by atoms with E-state index in [1.807, 2.05) is 0 Å². The van der Waals surface area contributed by atoms with Gasteiger partial charge in [0.15, 0.2) is 0 Å². The SMILES string of the molecule is CCC1CCCN1Cc1cc(C(=O)O)c(C)o1. The van der Waals surface area contributed by atoms with E-state index in [4.69, 9.17) is 9.52 Å². The number of aryl methyl sites for hydroxylation is 1. The Morgan fingerprint density at radius 2 is 2.41 bits per heavy atom. The minimum absolute atomic E-state index is 0.284. The Morgan fingerprint density at radius 3 is 3.00 bits per heavy atom. The second-order valence-electron chi connectivity index (χ2n) is 4.66. The first-order chi connectivity index (χ1) is 8.11. The zero-order valence-corrected chi connectivity index (χ0v) is 10.4. The maximum Gasteiger partial charge on any atom is 0.339 e. The van der Waals surface area contributed by atoms with Gasteiger partial charge in [0.25, 0.3) is 0 Å². The zero-order valence-electron chi connectivity index (χ0n) is 10.4. The molecular weight excluding hydrogens is 218 g/mol. The standard InChI is InChI=1S/C13H19NO3/c1-3-10-5-4-6-14(10)8-11-7-12(13(15)16)9(2)17-11/h7,10H,3-6,8H2,1-2H3,(H,15,16). The molecular formula is C13H19NO3. The predicted octanol–water partition coefficient (Wildman–Crippen LogP) is 2.66. The first-order valence-electron chi connectivity index (χ1n) is 6.18. The molecule has 0 aliphatic carbocycles. The normalized spacial score (nSPS) is 20.9. The third-order valence-electron chi connectivity index (χ3n) is 3.53. The van der Waals surface area contributed by atoms with E-state index < -0.39 is 5.97 Å². The second kappa shape index (κ2) is 4.92. The average molecular weight is 237 g/mol. The van der Waals surface area contributed by atoms with Crippen LogP contribution in [0, 0.1) is 6.92 Å². The summed E-state index contributed by atoms with van der Waals surface area (Å²) in [5.74, 6) is 0.353. The molecule has 0 radical (unpaired) electrons. The van der Waals surface area contributed by atoms with E-state index in [2.05, 4.69) is 11.8 Å². The van der Waals surface area contributed by atoms with Gasteiger partial charge in [0.2, 0.25) is 0 Å². The first-order valence-corrected chi connectivity index (χ1v) is 6.18. The molecule has 1 saturated heterocycles. The lowest BCUT2D eigenvalue weighted by atomic mass is 10.1. The van der Waals surface area contributed by atoms with Crippen LogP contribution in [0.25, 0.3) is 0 Å². The molecule has 2 rings (SSSR count). The number of carboxylic acids is 1. The third kappa shape index (κ3) is 2.52. The molecule has 1 aromatic heterocycles. The molecule has 2 heterocycles. The number of carboxylic acid groups (broad SMARTS) is 1. The predicted molar refractivity (Wildman–Crippen MR) is 64.1 cm³/mol. The molecule has 1 aliphatic rings. The van der Waals surface area contributed by atoms with Gasteiger partial charge in [0, 0.05) is 6.04 Å². The highest BCUT2D eigenvalue weighted by molar-refractivity contribution is 5.88. The van der Waals surface area contributed by atoms with Crippen molar-refractivity contribution in [3.63, 3.8) is 0 Å².